The fraction of sp³-hybridized carbons (Fsp3) is 0.244. The number of aromatic amines is 1. The molecule has 0 atom stereocenters. The van der Waals surface area contributed by atoms with E-state index in [4.69, 9.17) is 77.3 Å². The van der Waals surface area contributed by atoms with E-state index in [1.807, 2.05) is 70.3 Å². The van der Waals surface area contributed by atoms with Crippen LogP contribution in [-0.2, 0) is 29.0 Å². The Morgan fingerprint density at radius 3 is 1.80 bits per heavy atom. The van der Waals surface area contributed by atoms with E-state index in [9.17, 15) is 4.79 Å². The van der Waals surface area contributed by atoms with E-state index in [2.05, 4.69) is 48.8 Å². The number of aryl methyl sites for hydroxylation is 5. The average molecular weight is 983 g/mol. The Kier molecular flexibility index (Phi) is 17.3. The number of nitrogens with zero attached hydrogens (tertiary/aromatic N) is 5. The Morgan fingerprint density at radius 1 is 0.705 bits per heavy atom. The average Bonchev–Trinajstić information content (AvgIpc) is 3.86. The molecule has 7 aromatic rings. The van der Waals surface area contributed by atoms with E-state index in [-0.39, 0.29) is 11.7 Å². The monoisotopic (exact) mass is 979 g/mol. The molecule has 1 aliphatic carbocycles. The summed E-state index contributed by atoms with van der Waals surface area (Å²) in [6, 6.07) is 20.2. The zero-order valence-electron chi connectivity index (χ0n) is 34.1. The van der Waals surface area contributed by atoms with Gasteiger partial charge in [-0.25, -0.2) is 15.0 Å². The van der Waals surface area contributed by atoms with Gasteiger partial charge < -0.3 is 14.0 Å². The number of allylic oxidation sites excluding steroid dienone is 1. The number of carbonyl (C=O) groups is 1. The van der Waals surface area contributed by atoms with Crippen LogP contribution in [-0.4, -0.2) is 34.7 Å². The molecule has 0 radical (unpaired) electrons. The molecular formula is C45H42Cl6MnN6O3. The van der Waals surface area contributed by atoms with Crippen LogP contribution in [0, 0.1) is 47.5 Å². The first-order chi connectivity index (χ1) is 29.1. The summed E-state index contributed by atoms with van der Waals surface area (Å²) < 4.78 is 21.2. The van der Waals surface area contributed by atoms with Crippen LogP contribution in [0.2, 0.25) is 30.1 Å². The van der Waals surface area contributed by atoms with Crippen molar-refractivity contribution in [1.29, 1.82) is 0 Å². The molecule has 0 spiro atoms. The molecule has 319 valence electrons. The molecule has 1 N–H and O–H groups in total. The second-order valence-corrected chi connectivity index (χ2v) is 17.0. The molecule has 9 rings (SSSR count). The molecule has 2 aliphatic rings. The Labute approximate surface area is 391 Å². The van der Waals surface area contributed by atoms with Crippen molar-refractivity contribution in [2.24, 2.45) is 5.92 Å². The third kappa shape index (κ3) is 12.2. The van der Waals surface area contributed by atoms with Crippen molar-refractivity contribution < 1.29 is 27.3 Å². The number of hydrogen-bond donors (Lipinski definition) is 1. The van der Waals surface area contributed by atoms with Gasteiger partial charge in [-0.1, -0.05) is 87.8 Å². The van der Waals surface area contributed by atoms with E-state index < -0.39 is 14.8 Å². The number of imidazole rings is 3. The Balaban J connectivity index is 0.000000158. The second kappa shape index (κ2) is 21.9. The number of aromatic nitrogens is 6. The van der Waals surface area contributed by atoms with Gasteiger partial charge in [0.15, 0.2) is 5.78 Å². The van der Waals surface area contributed by atoms with Crippen molar-refractivity contribution in [2.75, 3.05) is 0 Å². The molecule has 0 bridgehead atoms. The fourth-order valence-corrected chi connectivity index (χ4v) is 7.92. The van der Waals surface area contributed by atoms with Gasteiger partial charge in [0.25, 0.3) is 0 Å². The zero-order chi connectivity index (χ0) is 44.5. The van der Waals surface area contributed by atoms with Gasteiger partial charge in [-0.05, 0) is 115 Å². The predicted octanol–water partition coefficient (Wildman–Crippen LogP) is 13.9. The Morgan fingerprint density at radius 2 is 1.28 bits per heavy atom. The fourth-order valence-electron chi connectivity index (χ4n) is 6.40. The van der Waals surface area contributed by atoms with Crippen LogP contribution in [0.25, 0.3) is 22.3 Å². The van der Waals surface area contributed by atoms with E-state index in [0.717, 1.165) is 88.0 Å². The van der Waals surface area contributed by atoms with E-state index in [1.165, 1.54) is 5.69 Å². The zero-order valence-corrected chi connectivity index (χ0v) is 39.8. The van der Waals surface area contributed by atoms with Gasteiger partial charge >= 0.3 is 22.5 Å². The third-order valence-electron chi connectivity index (χ3n) is 10.2. The maximum atomic E-state index is 11.6. The van der Waals surface area contributed by atoms with Crippen LogP contribution >= 0.6 is 69.6 Å². The summed E-state index contributed by atoms with van der Waals surface area (Å²) in [5.74, 6) is 1.37. The number of halogens is 6. The molecule has 5 heterocycles. The number of carbonyl (C=O) groups excluding carboxylic acids is 1. The molecule has 3 aromatic carbocycles. The first kappa shape index (κ1) is 48.1. The topological polar surface area (TPSA) is 115 Å². The molecule has 1 aliphatic heterocycles. The molecule has 1 saturated carbocycles. The molecule has 4 aromatic heterocycles. The first-order valence-electron chi connectivity index (χ1n) is 19.0. The minimum absolute atomic E-state index is 0.154. The quantitative estimate of drug-likeness (QED) is 0.139. The molecule has 16 heteroatoms. The van der Waals surface area contributed by atoms with Crippen molar-refractivity contribution in [1.82, 2.24) is 28.9 Å². The van der Waals surface area contributed by atoms with Crippen LogP contribution in [0.3, 0.4) is 0 Å². The van der Waals surface area contributed by atoms with Crippen LogP contribution in [0.1, 0.15) is 75.2 Å². The summed E-state index contributed by atoms with van der Waals surface area (Å²) in [6.45, 7) is 13.2. The van der Waals surface area contributed by atoms with Crippen molar-refractivity contribution in [3.8, 4) is 11.1 Å². The van der Waals surface area contributed by atoms with E-state index >= 15 is 0 Å². The molecule has 0 saturated heterocycles. The molecule has 0 unspecified atom stereocenters. The Bertz CT molecular complexity index is 2750. The number of rotatable bonds is 4. The first-order valence-corrected chi connectivity index (χ1v) is 22.2. The summed E-state index contributed by atoms with van der Waals surface area (Å²) in [6.07, 6.45) is 8.91. The van der Waals surface area contributed by atoms with Crippen LogP contribution in [0.5, 0.6) is 0 Å². The molecule has 1 fully saturated rings. The molecule has 0 amide bonds. The SMILES string of the molecule is Cc1nc2c(-c3ccc(Cl)cc3Cl)cccn2c1C.Cc1nc2n(c1C)CCC=C2c1ccc(Cl)cc1Cl.Cc1nc[nH]c1C.O=C(c1ccc(Cl)cc1Cl)C1CC1.[O]=[Mn]=[O]. The standard InChI is InChI=1S/C15H14Cl2N2.C15H12Cl2N2.C10H8Cl2O.C5H8N2.Mn.2O/c2*1-9-10(2)19-7-3-4-13(15(19)18-9)12-6-5-11(16)8-14(12)17;11-7-3-4-8(9(12)5-7)10(13)6-1-2-6;1-4-5(2)7-3-6-4;;;/h4-6,8H,3,7H2,1-2H3;3-8H,1-2H3;3-6H,1-2H2;3H,1-2H3,(H,6,7);;;. The molecule has 61 heavy (non-hydrogen) atoms. The summed E-state index contributed by atoms with van der Waals surface area (Å²) in [7, 11) is 0. The second-order valence-electron chi connectivity index (χ2n) is 14.2. The number of Topliss-reactive ketones (excluding diaryl/α,β-unsaturated/α-hetero) is 1. The molecule has 9 nitrogen and oxygen atoms in total. The van der Waals surface area contributed by atoms with Gasteiger partial charge in [0.05, 0.1) is 33.5 Å². The van der Waals surface area contributed by atoms with Gasteiger partial charge in [-0.3, -0.25) is 4.79 Å². The van der Waals surface area contributed by atoms with Crippen LogP contribution in [0.4, 0.5) is 0 Å². The van der Waals surface area contributed by atoms with Gasteiger partial charge in [-0.15, -0.1) is 0 Å². The maximum absolute atomic E-state index is 11.6. The Hall–Kier alpha value is -3.96. The van der Waals surface area contributed by atoms with Gasteiger partial charge in [0, 0.05) is 83.7 Å². The van der Waals surface area contributed by atoms with Crippen LogP contribution in [0.15, 0.2) is 85.3 Å². The van der Waals surface area contributed by atoms with Crippen molar-refractivity contribution >= 4 is 86.6 Å². The normalized spacial score (nSPS) is 12.6. The minimum atomic E-state index is -1.44. The number of H-pyrrole nitrogens is 1. The number of benzene rings is 3. The number of fused-ring (bicyclic) bond motifs is 2. The number of pyridine rings is 1. The van der Waals surface area contributed by atoms with Gasteiger partial charge in [0.1, 0.15) is 11.5 Å². The van der Waals surface area contributed by atoms with Crippen LogP contribution < -0.4 is 0 Å². The molecular weight excluding hydrogens is 940 g/mol. The van der Waals surface area contributed by atoms with Gasteiger partial charge in [0.2, 0.25) is 0 Å². The van der Waals surface area contributed by atoms with Crippen molar-refractivity contribution in [3.05, 3.63) is 167 Å². The number of hydrogen-bond acceptors (Lipinski definition) is 6. The summed E-state index contributed by atoms with van der Waals surface area (Å²) in [4.78, 5) is 27.8. The number of nitrogens with one attached hydrogen (secondary N) is 1. The predicted molar refractivity (Wildman–Crippen MR) is 243 cm³/mol. The van der Waals surface area contributed by atoms with E-state index in [0.29, 0.717) is 35.7 Å². The number of ketones is 1. The third-order valence-corrected chi connectivity index (χ3v) is 11.8. The summed E-state index contributed by atoms with van der Waals surface area (Å²) in [5, 5.41) is 3.63. The summed E-state index contributed by atoms with van der Waals surface area (Å²) in [5.41, 5.74) is 12.3. The van der Waals surface area contributed by atoms with Gasteiger partial charge in [-0.2, -0.15) is 0 Å². The van der Waals surface area contributed by atoms with Crippen molar-refractivity contribution in [3.63, 3.8) is 0 Å². The van der Waals surface area contributed by atoms with Crippen molar-refractivity contribution in [2.45, 2.75) is 67.3 Å². The van der Waals surface area contributed by atoms with E-state index in [1.54, 1.807) is 36.7 Å². The summed E-state index contributed by atoms with van der Waals surface area (Å²) >= 11 is 34.7.